The number of nitrogens with zero attached hydrogens (tertiary/aromatic N) is 3. The van der Waals surface area contributed by atoms with Crippen molar-refractivity contribution in [2.45, 2.75) is 26.3 Å². The summed E-state index contributed by atoms with van der Waals surface area (Å²) in [4.78, 5) is 17.1. The van der Waals surface area contributed by atoms with E-state index in [0.717, 1.165) is 43.3 Å². The van der Waals surface area contributed by atoms with E-state index in [1.54, 1.807) is 13.0 Å². The van der Waals surface area contributed by atoms with Crippen LogP contribution in [0.3, 0.4) is 0 Å². The molecule has 25 heavy (non-hydrogen) atoms. The van der Waals surface area contributed by atoms with Crippen molar-refractivity contribution in [1.29, 1.82) is 0 Å². The second kappa shape index (κ2) is 7.89. The lowest BCUT2D eigenvalue weighted by Gasteiger charge is -2.39. The maximum Gasteiger partial charge on any atom is 0.242 e. The number of carbonyl (C=O) groups excluding carboxylic acids is 1. The van der Waals surface area contributed by atoms with E-state index >= 15 is 0 Å². The van der Waals surface area contributed by atoms with E-state index in [1.807, 2.05) is 25.1 Å². The number of benzene rings is 1. The molecule has 1 aromatic heterocycles. The first-order valence-electron chi connectivity index (χ1n) is 8.55. The highest BCUT2D eigenvalue weighted by molar-refractivity contribution is 6.30. The van der Waals surface area contributed by atoms with E-state index in [1.165, 1.54) is 0 Å². The Kier molecular flexibility index (Phi) is 5.60. The van der Waals surface area contributed by atoms with Crippen molar-refractivity contribution in [3.63, 3.8) is 0 Å². The summed E-state index contributed by atoms with van der Waals surface area (Å²) in [5.74, 6) is 1.11. The molecular weight excluding hydrogens is 340 g/mol. The lowest BCUT2D eigenvalue weighted by atomic mass is 10.1. The van der Waals surface area contributed by atoms with E-state index in [2.05, 4.69) is 26.3 Å². The molecular formula is C18H23ClN4O2. The van der Waals surface area contributed by atoms with Crippen LogP contribution in [0.5, 0.6) is 0 Å². The number of hydrogen-bond donors (Lipinski definition) is 1. The molecule has 1 aromatic carbocycles. The number of nitrogens with one attached hydrogen (secondary N) is 1. The number of piperazine rings is 1. The molecule has 1 aliphatic rings. The van der Waals surface area contributed by atoms with Crippen LogP contribution in [0.15, 0.2) is 34.9 Å². The molecule has 1 aliphatic heterocycles. The highest BCUT2D eigenvalue weighted by Crippen LogP contribution is 2.22. The molecule has 0 bridgehead atoms. The maximum atomic E-state index is 12.6. The third kappa shape index (κ3) is 4.32. The standard InChI is InChI=1S/C18H23ClN4O2/c1-3-16(18(24)20-17-11-13(2)25-21-17)23-9-7-22(8-10-23)15-6-4-5-14(19)12-15/h4-6,11-12,16H,3,7-10H2,1-2H3,(H,20,21,24). The van der Waals surface area contributed by atoms with Gasteiger partial charge in [-0.25, -0.2) is 0 Å². The molecule has 0 radical (unpaired) electrons. The number of rotatable bonds is 5. The molecule has 1 N–H and O–H groups in total. The van der Waals surface area contributed by atoms with Crippen LogP contribution < -0.4 is 10.2 Å². The first kappa shape index (κ1) is 17.8. The van der Waals surface area contributed by atoms with E-state index in [4.69, 9.17) is 16.1 Å². The van der Waals surface area contributed by atoms with Gasteiger partial charge in [-0.05, 0) is 31.5 Å². The van der Waals surface area contributed by atoms with Crippen molar-refractivity contribution in [3.05, 3.63) is 41.1 Å². The Hall–Kier alpha value is -2.05. The van der Waals surface area contributed by atoms with Crippen LogP contribution >= 0.6 is 11.6 Å². The molecule has 7 heteroatoms. The molecule has 1 atom stereocenters. The minimum Gasteiger partial charge on any atom is -0.369 e. The van der Waals surface area contributed by atoms with E-state index in [9.17, 15) is 4.79 Å². The van der Waals surface area contributed by atoms with Gasteiger partial charge in [0, 0.05) is 43.0 Å². The van der Waals surface area contributed by atoms with Crippen LogP contribution in [0.2, 0.25) is 5.02 Å². The average molecular weight is 363 g/mol. The van der Waals surface area contributed by atoms with Gasteiger partial charge < -0.3 is 14.7 Å². The summed E-state index contributed by atoms with van der Waals surface area (Å²) in [5, 5.41) is 7.42. The van der Waals surface area contributed by atoms with Gasteiger partial charge in [-0.3, -0.25) is 9.69 Å². The molecule has 1 amide bonds. The normalized spacial score (nSPS) is 16.7. The molecule has 1 unspecified atom stereocenters. The van der Waals surface area contributed by atoms with Crippen molar-refractivity contribution in [2.75, 3.05) is 36.4 Å². The van der Waals surface area contributed by atoms with Crippen molar-refractivity contribution in [1.82, 2.24) is 10.1 Å². The minimum absolute atomic E-state index is 0.0352. The smallest absolute Gasteiger partial charge is 0.242 e. The second-order valence-corrected chi connectivity index (χ2v) is 6.68. The van der Waals surface area contributed by atoms with Gasteiger partial charge in [0.05, 0.1) is 6.04 Å². The van der Waals surface area contributed by atoms with Gasteiger partial charge in [-0.2, -0.15) is 0 Å². The largest absolute Gasteiger partial charge is 0.369 e. The van der Waals surface area contributed by atoms with E-state index in [-0.39, 0.29) is 11.9 Å². The van der Waals surface area contributed by atoms with Crippen LogP contribution in [-0.2, 0) is 4.79 Å². The average Bonchev–Trinajstić information content (AvgIpc) is 3.01. The zero-order chi connectivity index (χ0) is 17.8. The quantitative estimate of drug-likeness (QED) is 0.885. The minimum atomic E-state index is -0.168. The summed E-state index contributed by atoms with van der Waals surface area (Å²) in [6, 6.07) is 9.45. The Bertz CT molecular complexity index is 725. The molecule has 2 aromatic rings. The third-order valence-electron chi connectivity index (χ3n) is 4.50. The number of carbonyl (C=O) groups is 1. The van der Waals surface area contributed by atoms with E-state index in [0.29, 0.717) is 11.6 Å². The van der Waals surface area contributed by atoms with E-state index < -0.39 is 0 Å². The second-order valence-electron chi connectivity index (χ2n) is 6.24. The van der Waals surface area contributed by atoms with Gasteiger partial charge in [0.1, 0.15) is 5.76 Å². The van der Waals surface area contributed by atoms with Crippen LogP contribution in [0.1, 0.15) is 19.1 Å². The summed E-state index contributed by atoms with van der Waals surface area (Å²) in [7, 11) is 0. The van der Waals surface area contributed by atoms with Crippen LogP contribution in [0, 0.1) is 6.92 Å². The van der Waals surface area contributed by atoms with Crippen LogP contribution in [0.4, 0.5) is 11.5 Å². The lowest BCUT2D eigenvalue weighted by Crippen LogP contribution is -2.53. The fourth-order valence-electron chi connectivity index (χ4n) is 3.21. The maximum absolute atomic E-state index is 12.6. The lowest BCUT2D eigenvalue weighted by molar-refractivity contribution is -0.121. The number of hydrogen-bond acceptors (Lipinski definition) is 5. The van der Waals surface area contributed by atoms with Gasteiger partial charge in [-0.1, -0.05) is 29.7 Å². The summed E-state index contributed by atoms with van der Waals surface area (Å²) in [5.41, 5.74) is 1.13. The molecule has 0 spiro atoms. The molecule has 6 nitrogen and oxygen atoms in total. The van der Waals surface area contributed by atoms with Gasteiger partial charge >= 0.3 is 0 Å². The number of anilines is 2. The van der Waals surface area contributed by atoms with Crippen molar-refractivity contribution < 1.29 is 9.32 Å². The zero-order valence-corrected chi connectivity index (χ0v) is 15.3. The van der Waals surface area contributed by atoms with Gasteiger partial charge in [0.15, 0.2) is 5.82 Å². The fraction of sp³-hybridized carbons (Fsp3) is 0.444. The Morgan fingerprint density at radius 2 is 2.08 bits per heavy atom. The molecule has 2 heterocycles. The summed E-state index contributed by atoms with van der Waals surface area (Å²) >= 11 is 6.08. The zero-order valence-electron chi connectivity index (χ0n) is 14.5. The van der Waals surface area contributed by atoms with Crippen molar-refractivity contribution in [3.8, 4) is 0 Å². The van der Waals surface area contributed by atoms with Gasteiger partial charge in [-0.15, -0.1) is 0 Å². The van der Waals surface area contributed by atoms with Crippen molar-refractivity contribution in [2.24, 2.45) is 0 Å². The predicted octanol–water partition coefficient (Wildman–Crippen LogP) is 3.18. The first-order valence-corrected chi connectivity index (χ1v) is 8.93. The molecule has 1 fully saturated rings. The fourth-order valence-corrected chi connectivity index (χ4v) is 3.39. The van der Waals surface area contributed by atoms with Crippen LogP contribution in [-0.4, -0.2) is 48.2 Å². The molecule has 3 rings (SSSR count). The Labute approximate surface area is 152 Å². The molecule has 1 saturated heterocycles. The Morgan fingerprint density at radius 1 is 1.32 bits per heavy atom. The SMILES string of the molecule is CCC(C(=O)Nc1cc(C)on1)N1CCN(c2cccc(Cl)c2)CC1. The van der Waals surface area contributed by atoms with Gasteiger partial charge in [0.2, 0.25) is 5.91 Å². The highest BCUT2D eigenvalue weighted by Gasteiger charge is 2.28. The summed E-state index contributed by atoms with van der Waals surface area (Å²) in [6.45, 7) is 7.23. The third-order valence-corrected chi connectivity index (χ3v) is 4.73. The predicted molar refractivity (Wildman–Crippen MR) is 99.2 cm³/mol. The number of aryl methyl sites for hydroxylation is 1. The summed E-state index contributed by atoms with van der Waals surface area (Å²) in [6.07, 6.45) is 0.750. The van der Waals surface area contributed by atoms with Crippen LogP contribution in [0.25, 0.3) is 0 Å². The van der Waals surface area contributed by atoms with Crippen molar-refractivity contribution >= 4 is 29.0 Å². The van der Waals surface area contributed by atoms with Gasteiger partial charge in [0.25, 0.3) is 0 Å². The summed E-state index contributed by atoms with van der Waals surface area (Å²) < 4.78 is 5.00. The Balaban J connectivity index is 1.59. The number of halogens is 1. The Morgan fingerprint density at radius 3 is 2.68 bits per heavy atom. The molecule has 134 valence electrons. The monoisotopic (exact) mass is 362 g/mol. The highest BCUT2D eigenvalue weighted by atomic mass is 35.5. The topological polar surface area (TPSA) is 61.6 Å². The number of amides is 1. The first-order chi connectivity index (χ1) is 12.1. The molecule has 0 aliphatic carbocycles. The number of aromatic nitrogens is 1. The molecule has 0 saturated carbocycles.